The van der Waals surface area contributed by atoms with Gasteiger partial charge in [0.15, 0.2) is 31.2 Å². The van der Waals surface area contributed by atoms with Crippen molar-refractivity contribution in [3.05, 3.63) is 81.4 Å². The first-order valence-corrected chi connectivity index (χ1v) is 34.2. The van der Waals surface area contributed by atoms with Crippen molar-refractivity contribution in [1.82, 2.24) is 35.6 Å². The minimum atomic E-state index is -2.49. The van der Waals surface area contributed by atoms with Crippen molar-refractivity contribution in [3.8, 4) is 17.2 Å². The van der Waals surface area contributed by atoms with Gasteiger partial charge in [-0.3, -0.25) is 48.8 Å². The van der Waals surface area contributed by atoms with E-state index in [9.17, 15) is 63.3 Å². The molecule has 9 rings (SSSR count). The molecule has 0 saturated carbocycles. The quantitative estimate of drug-likeness (QED) is 0.0277. The highest BCUT2D eigenvalue weighted by atomic mass is 32.2. The zero-order chi connectivity index (χ0) is 71.7. The minimum Gasteiger partial charge on any atom is -0.507 e. The van der Waals surface area contributed by atoms with Gasteiger partial charge in [-0.15, -0.1) is 0 Å². The highest BCUT2D eigenvalue weighted by Crippen LogP contribution is 2.53. The molecule has 1 unspecified atom stereocenters. The number of primary amides is 1. The highest BCUT2D eigenvalue weighted by Gasteiger charge is 2.56. The topological polar surface area (TPSA) is 416 Å². The fraction of sp³-hybridized carbons (Fsp3) is 0.567. The van der Waals surface area contributed by atoms with E-state index in [0.717, 1.165) is 4.90 Å². The molecule has 11 atom stereocenters. The van der Waals surface area contributed by atoms with Crippen LogP contribution in [-0.2, 0) is 70.2 Å². The van der Waals surface area contributed by atoms with Crippen molar-refractivity contribution in [2.45, 2.75) is 158 Å². The monoisotopic (exact) mass is 1400 g/mol. The average molecular weight is 1400 g/mol. The molecule has 4 aliphatic heterocycles. The number of rotatable bonds is 29. The van der Waals surface area contributed by atoms with Crippen LogP contribution in [0.2, 0.25) is 0 Å². The third kappa shape index (κ3) is 16.9. The molecule has 4 fully saturated rings. The molecule has 4 saturated heterocycles. The number of amidine groups is 1. The first-order chi connectivity index (χ1) is 47.2. The Hall–Kier alpha value is -8.50. The summed E-state index contributed by atoms with van der Waals surface area (Å²) in [7, 11) is 5.59. The van der Waals surface area contributed by atoms with Crippen molar-refractivity contribution in [1.29, 1.82) is 5.41 Å². The molecule has 0 radical (unpaired) electrons. The van der Waals surface area contributed by atoms with Gasteiger partial charge in [0.05, 0.1) is 47.9 Å². The van der Waals surface area contributed by atoms with Crippen LogP contribution < -0.4 is 31.7 Å². The number of anilines is 1. The Morgan fingerprint density at radius 1 is 0.879 bits per heavy atom. The molecule has 0 spiro atoms. The zero-order valence-electron chi connectivity index (χ0n) is 56.6. The number of nitrogens with two attached hydrogens (primary N) is 1. The maximum atomic E-state index is 14.3. The van der Waals surface area contributed by atoms with Gasteiger partial charge in [-0.05, 0) is 68.5 Å². The lowest BCUT2D eigenvalue weighted by Gasteiger charge is -2.43. The van der Waals surface area contributed by atoms with Gasteiger partial charge in [0.1, 0.15) is 53.5 Å². The number of amides is 8. The van der Waals surface area contributed by atoms with Gasteiger partial charge >= 0.3 is 18.2 Å². The molecular formula is C67H88N10O21S. The Kier molecular flexibility index (Phi) is 24.7. The molecule has 99 heavy (non-hydrogen) atoms. The third-order valence-corrected chi connectivity index (χ3v) is 19.7. The fourth-order valence-electron chi connectivity index (χ4n) is 13.2. The number of methoxy groups -OCH3 is 2. The number of thioether (sulfide) groups is 1. The van der Waals surface area contributed by atoms with Gasteiger partial charge < -0.3 is 90.0 Å². The Morgan fingerprint density at radius 3 is 2.25 bits per heavy atom. The normalized spacial score (nSPS) is 23.7. The number of nitrogens with zero attached hydrogens (tertiary/aromatic N) is 4. The SMILES string of the molecule is COc1cccc2c1C(=O)c1c(O)c3c(c(O)c1C2=O)C[C@@](O)(C(=O)COC(=O)N(C)CCN(C)C(=O)OCc1ccc(NC(=O)[C@H](CCCNC(N)=O)NC(=O)[C@@H](NC(=O)CCCCCN2C(=N)C(SC)CC2=O)C(C)C)cc1)C[C@@H]3O[C@H]1C[C@H]2[C@H](O[C@@H]3[C@@H](OC)OCCN32)[C@H](C)O1. The Balaban J connectivity index is 0.768. The number of carbonyl (C=O) groups is 10. The van der Waals surface area contributed by atoms with E-state index in [1.165, 1.54) is 68.1 Å². The molecule has 31 nitrogen and oxygen atoms in total. The molecule has 3 aromatic carbocycles. The molecule has 2 aliphatic carbocycles. The number of Topliss-reactive ketones (excluding diaryl/α,β-unsaturated/α-hetero) is 1. The first-order valence-electron chi connectivity index (χ1n) is 32.9. The lowest BCUT2D eigenvalue weighted by Crippen LogP contribution is -2.55. The number of carbonyl (C=O) groups excluding carboxylic acids is 10. The number of likely N-dealkylation sites (N-methyl/N-ethyl adjacent to an activating group) is 2. The number of fused-ring (bicyclic) bond motifs is 6. The van der Waals surface area contributed by atoms with Crippen LogP contribution in [0.3, 0.4) is 0 Å². The maximum Gasteiger partial charge on any atom is 0.409 e. The standard InChI is InChI=1S/C67H88N10O21S/c1-34(2)53(73-46(79)17-10-9-11-23-77-47(80)29-44(99-8)59(77)68)61(86)72-40(15-13-22-70-64(69)87)60(85)71-37-20-18-36(19-21-37)32-94-65(88)74(4)24-25-75(5)66(89)95-33-45(78)67(90)30-39-50(57(84)52-51(55(39)82)54(81)38-14-12-16-42(91-6)49(38)56(52)83)43(31-67)97-48-28-41-58(35(3)96-48)98-62-63(92-7)93-27-26-76(41)62/h12,14,16,18-21,34-35,40-41,43-44,48,53,58,62-63,68,82,84,90H,9-11,13,15,17,22-33H2,1-8H3,(H,71,85)(H,72,86)(H,73,79)(H3,69,70,87)/t35-,40-,41-,43-,44?,48-,53-,58+,62+,63-,67-/m0/s1. The number of likely N-dealkylation sites (tertiary alicyclic amines) is 1. The third-order valence-electron chi connectivity index (χ3n) is 18.7. The van der Waals surface area contributed by atoms with E-state index in [0.29, 0.717) is 62.5 Å². The summed E-state index contributed by atoms with van der Waals surface area (Å²) < 4.78 is 47.0. The van der Waals surface area contributed by atoms with Gasteiger partial charge in [0.25, 0.3) is 0 Å². The predicted molar refractivity (Wildman–Crippen MR) is 354 cm³/mol. The van der Waals surface area contributed by atoms with Crippen LogP contribution >= 0.6 is 11.8 Å². The molecule has 538 valence electrons. The van der Waals surface area contributed by atoms with Crippen LogP contribution in [0.25, 0.3) is 0 Å². The number of unbranched alkanes of at least 4 members (excludes halogenated alkanes) is 2. The molecule has 10 N–H and O–H groups in total. The van der Waals surface area contributed by atoms with Gasteiger partial charge in [0.2, 0.25) is 35.2 Å². The van der Waals surface area contributed by atoms with Crippen LogP contribution in [-0.4, -0.2) is 240 Å². The highest BCUT2D eigenvalue weighted by molar-refractivity contribution is 8.00. The Morgan fingerprint density at radius 2 is 1.59 bits per heavy atom. The maximum absolute atomic E-state index is 14.3. The number of morpholine rings is 1. The molecule has 3 aromatic rings. The number of ether oxygens (including phenoxy) is 8. The van der Waals surface area contributed by atoms with Crippen molar-refractivity contribution < 1.29 is 101 Å². The largest absolute Gasteiger partial charge is 0.507 e. The Bertz CT molecular complexity index is 3580. The lowest BCUT2D eigenvalue weighted by molar-refractivity contribution is -0.256. The van der Waals surface area contributed by atoms with E-state index in [-0.39, 0.29) is 109 Å². The summed E-state index contributed by atoms with van der Waals surface area (Å²) in [6.45, 7) is 5.20. The zero-order valence-corrected chi connectivity index (χ0v) is 57.4. The molecule has 0 bridgehead atoms. The summed E-state index contributed by atoms with van der Waals surface area (Å²) in [5.41, 5.74) is 1.82. The second-order valence-corrected chi connectivity index (χ2v) is 26.8. The molecule has 6 aliphatic rings. The number of hydrogen-bond acceptors (Lipinski definition) is 24. The summed E-state index contributed by atoms with van der Waals surface area (Å²) >= 11 is 1.46. The van der Waals surface area contributed by atoms with Gasteiger partial charge in [-0.25, -0.2) is 14.4 Å². The van der Waals surface area contributed by atoms with Crippen molar-refractivity contribution in [2.75, 3.05) is 85.8 Å². The van der Waals surface area contributed by atoms with E-state index >= 15 is 0 Å². The van der Waals surface area contributed by atoms with Crippen molar-refractivity contribution >= 4 is 82.5 Å². The molecule has 8 amide bonds. The number of aromatic hydroxyl groups is 2. The summed E-state index contributed by atoms with van der Waals surface area (Å²) in [5, 5.41) is 55.6. The van der Waals surface area contributed by atoms with Crippen LogP contribution in [0.5, 0.6) is 17.2 Å². The molecular weight excluding hydrogens is 1310 g/mol. The van der Waals surface area contributed by atoms with Crippen LogP contribution in [0.15, 0.2) is 42.5 Å². The first kappa shape index (κ1) is 74.7. The van der Waals surface area contributed by atoms with E-state index in [1.807, 2.05) is 6.26 Å². The van der Waals surface area contributed by atoms with E-state index in [4.69, 9.17) is 49.0 Å². The number of nitrogens with one attached hydrogen (secondary N) is 5. The minimum absolute atomic E-state index is 0.0457. The van der Waals surface area contributed by atoms with Crippen molar-refractivity contribution in [3.63, 3.8) is 0 Å². The van der Waals surface area contributed by atoms with Gasteiger partial charge in [0, 0.05) is 114 Å². The number of hydrogen-bond donors (Lipinski definition) is 9. The lowest BCUT2D eigenvalue weighted by atomic mass is 9.72. The number of phenolic OH excluding ortho intramolecular Hbond substituents is 2. The van der Waals surface area contributed by atoms with Gasteiger partial charge in [-0.2, -0.15) is 11.8 Å². The van der Waals surface area contributed by atoms with Gasteiger partial charge in [-0.1, -0.05) is 44.5 Å². The summed E-state index contributed by atoms with van der Waals surface area (Å²) in [4.78, 5) is 140. The second kappa shape index (κ2) is 32.7. The molecule has 32 heteroatoms. The number of urea groups is 1. The number of phenols is 2. The smallest absolute Gasteiger partial charge is 0.409 e. The summed E-state index contributed by atoms with van der Waals surface area (Å²) in [5.74, 6) is -5.89. The fourth-order valence-corrected chi connectivity index (χ4v) is 13.9. The summed E-state index contributed by atoms with van der Waals surface area (Å²) in [6.07, 6.45) is -3.49. The van der Waals surface area contributed by atoms with Crippen LogP contribution in [0.4, 0.5) is 20.1 Å². The van der Waals surface area contributed by atoms with E-state index in [1.54, 1.807) is 45.0 Å². The number of aliphatic hydroxyl groups is 1. The summed E-state index contributed by atoms with van der Waals surface area (Å²) in [6, 6.07) is 7.45. The Labute approximate surface area is 576 Å². The predicted octanol–water partition coefficient (Wildman–Crippen LogP) is 3.57. The van der Waals surface area contributed by atoms with Crippen molar-refractivity contribution in [2.24, 2.45) is 11.7 Å². The molecule has 4 heterocycles. The van der Waals surface area contributed by atoms with Crippen LogP contribution in [0, 0.1) is 11.3 Å². The second-order valence-electron chi connectivity index (χ2n) is 25.7. The average Bonchev–Trinajstić information content (AvgIpc) is 1.12. The van der Waals surface area contributed by atoms with Crippen LogP contribution in [0.1, 0.15) is 133 Å². The number of ketones is 3. The van der Waals surface area contributed by atoms with E-state index in [2.05, 4.69) is 26.2 Å². The van der Waals surface area contributed by atoms with E-state index < -0.39 is 144 Å². The molecule has 0 aromatic heterocycles. The number of benzene rings is 3.